The zero-order valence-corrected chi connectivity index (χ0v) is 11.4. The Morgan fingerprint density at radius 3 is 2.94 bits per heavy atom. The molecule has 100 valence electrons. The van der Waals surface area contributed by atoms with E-state index in [1.54, 1.807) is 0 Å². The first-order valence-electron chi connectivity index (χ1n) is 7.23. The molecule has 1 heterocycles. The number of unbranched alkanes of at least 4 members (excludes halogenated alkanes) is 2. The molecule has 18 heavy (non-hydrogen) atoms. The van der Waals surface area contributed by atoms with E-state index in [2.05, 4.69) is 36.1 Å². The Morgan fingerprint density at radius 2 is 2.17 bits per heavy atom. The van der Waals surface area contributed by atoms with Crippen molar-refractivity contribution in [2.45, 2.75) is 45.1 Å². The molecular formula is C16H25NO. The molecule has 0 saturated carbocycles. The summed E-state index contributed by atoms with van der Waals surface area (Å²) in [5, 5.41) is 8.81. The topological polar surface area (TPSA) is 23.5 Å². The van der Waals surface area contributed by atoms with Gasteiger partial charge in [0.2, 0.25) is 0 Å². The first-order valence-corrected chi connectivity index (χ1v) is 7.23. The minimum atomic E-state index is 0.335. The largest absolute Gasteiger partial charge is 0.396 e. The summed E-state index contributed by atoms with van der Waals surface area (Å²) in [6.07, 6.45) is 5.92. The van der Waals surface area contributed by atoms with Crippen molar-refractivity contribution in [3.8, 4) is 0 Å². The molecule has 1 fully saturated rings. The van der Waals surface area contributed by atoms with E-state index in [0.29, 0.717) is 12.6 Å². The second kappa shape index (κ2) is 6.91. The smallest absolute Gasteiger partial charge is 0.0431 e. The van der Waals surface area contributed by atoms with Crippen LogP contribution in [0.3, 0.4) is 0 Å². The van der Waals surface area contributed by atoms with E-state index in [9.17, 15) is 0 Å². The number of aryl methyl sites for hydroxylation is 1. The van der Waals surface area contributed by atoms with E-state index in [0.717, 1.165) is 12.8 Å². The lowest BCUT2D eigenvalue weighted by atomic mass is 10.0. The van der Waals surface area contributed by atoms with Crippen LogP contribution in [-0.2, 0) is 0 Å². The zero-order valence-electron chi connectivity index (χ0n) is 11.4. The third-order valence-corrected chi connectivity index (χ3v) is 3.89. The maximum Gasteiger partial charge on any atom is 0.0431 e. The van der Waals surface area contributed by atoms with Gasteiger partial charge in [-0.05, 0) is 57.7 Å². The Balaban J connectivity index is 1.91. The zero-order chi connectivity index (χ0) is 12.8. The number of benzene rings is 1. The van der Waals surface area contributed by atoms with Crippen LogP contribution < -0.4 is 0 Å². The van der Waals surface area contributed by atoms with Gasteiger partial charge in [-0.2, -0.15) is 0 Å². The molecule has 0 bridgehead atoms. The van der Waals surface area contributed by atoms with Crippen LogP contribution >= 0.6 is 0 Å². The predicted octanol–water partition coefficient (Wildman–Crippen LogP) is 3.29. The SMILES string of the molecule is Cc1cccc(C2CCCN2CCCCCO)c1. The van der Waals surface area contributed by atoms with Crippen molar-refractivity contribution in [1.82, 2.24) is 4.90 Å². The summed E-state index contributed by atoms with van der Waals surface area (Å²) in [6, 6.07) is 9.57. The Morgan fingerprint density at radius 1 is 1.28 bits per heavy atom. The second-order valence-corrected chi connectivity index (χ2v) is 5.39. The fourth-order valence-electron chi connectivity index (χ4n) is 2.95. The van der Waals surface area contributed by atoms with Gasteiger partial charge in [0.15, 0.2) is 0 Å². The highest BCUT2D eigenvalue weighted by atomic mass is 16.2. The van der Waals surface area contributed by atoms with Crippen LogP contribution in [0.1, 0.15) is 49.3 Å². The molecule has 0 spiro atoms. The first-order chi connectivity index (χ1) is 8.81. The fraction of sp³-hybridized carbons (Fsp3) is 0.625. The highest BCUT2D eigenvalue weighted by Gasteiger charge is 2.25. The number of hydrogen-bond donors (Lipinski definition) is 1. The van der Waals surface area contributed by atoms with Gasteiger partial charge in [-0.3, -0.25) is 4.90 Å². The van der Waals surface area contributed by atoms with Crippen LogP contribution in [-0.4, -0.2) is 29.7 Å². The highest BCUT2D eigenvalue weighted by molar-refractivity contribution is 5.25. The van der Waals surface area contributed by atoms with Gasteiger partial charge in [0.1, 0.15) is 0 Å². The predicted molar refractivity (Wildman–Crippen MR) is 75.7 cm³/mol. The number of hydrogen-bond acceptors (Lipinski definition) is 2. The molecule has 1 unspecified atom stereocenters. The Labute approximate surface area is 111 Å². The molecule has 0 aromatic heterocycles. The van der Waals surface area contributed by atoms with Crippen LogP contribution in [0.2, 0.25) is 0 Å². The van der Waals surface area contributed by atoms with Crippen molar-refractivity contribution in [1.29, 1.82) is 0 Å². The molecule has 2 nitrogen and oxygen atoms in total. The monoisotopic (exact) mass is 247 g/mol. The third-order valence-electron chi connectivity index (χ3n) is 3.89. The summed E-state index contributed by atoms with van der Waals surface area (Å²) in [7, 11) is 0. The van der Waals surface area contributed by atoms with Crippen LogP contribution in [0.4, 0.5) is 0 Å². The van der Waals surface area contributed by atoms with Crippen molar-refractivity contribution in [3.05, 3.63) is 35.4 Å². The van der Waals surface area contributed by atoms with Gasteiger partial charge in [-0.1, -0.05) is 29.8 Å². The van der Waals surface area contributed by atoms with Crippen LogP contribution in [0.5, 0.6) is 0 Å². The maximum atomic E-state index is 8.81. The number of rotatable bonds is 6. The van der Waals surface area contributed by atoms with Crippen molar-refractivity contribution in [3.63, 3.8) is 0 Å². The summed E-state index contributed by atoms with van der Waals surface area (Å²) in [6.45, 7) is 4.92. The van der Waals surface area contributed by atoms with Gasteiger partial charge in [-0.25, -0.2) is 0 Å². The minimum Gasteiger partial charge on any atom is -0.396 e. The average molecular weight is 247 g/mol. The molecule has 1 saturated heterocycles. The number of nitrogens with zero attached hydrogens (tertiary/aromatic N) is 1. The van der Waals surface area contributed by atoms with Gasteiger partial charge in [0.25, 0.3) is 0 Å². The lowest BCUT2D eigenvalue weighted by molar-refractivity contribution is 0.241. The molecule has 1 aromatic carbocycles. The lowest BCUT2D eigenvalue weighted by Gasteiger charge is -2.25. The Bertz CT molecular complexity index is 364. The lowest BCUT2D eigenvalue weighted by Crippen LogP contribution is -2.24. The summed E-state index contributed by atoms with van der Waals surface area (Å²) >= 11 is 0. The number of aliphatic hydroxyl groups excluding tert-OH is 1. The molecule has 1 N–H and O–H groups in total. The molecule has 1 aliphatic heterocycles. The third kappa shape index (κ3) is 3.56. The quantitative estimate of drug-likeness (QED) is 0.780. The first kappa shape index (κ1) is 13.6. The van der Waals surface area contributed by atoms with E-state index >= 15 is 0 Å². The Kier molecular flexibility index (Phi) is 5.21. The number of likely N-dealkylation sites (tertiary alicyclic amines) is 1. The van der Waals surface area contributed by atoms with Crippen molar-refractivity contribution >= 4 is 0 Å². The van der Waals surface area contributed by atoms with Gasteiger partial charge >= 0.3 is 0 Å². The molecule has 0 amide bonds. The van der Waals surface area contributed by atoms with Crippen molar-refractivity contribution < 1.29 is 5.11 Å². The van der Waals surface area contributed by atoms with Gasteiger partial charge < -0.3 is 5.11 Å². The van der Waals surface area contributed by atoms with Gasteiger partial charge in [0.05, 0.1) is 0 Å². The number of aliphatic hydroxyl groups is 1. The van der Waals surface area contributed by atoms with Crippen LogP contribution in [0.15, 0.2) is 24.3 Å². The van der Waals surface area contributed by atoms with E-state index in [1.165, 1.54) is 43.5 Å². The average Bonchev–Trinajstić information content (AvgIpc) is 2.83. The maximum absolute atomic E-state index is 8.81. The van der Waals surface area contributed by atoms with Crippen LogP contribution in [0, 0.1) is 6.92 Å². The molecule has 1 atom stereocenters. The molecule has 0 radical (unpaired) electrons. The highest BCUT2D eigenvalue weighted by Crippen LogP contribution is 2.32. The molecule has 2 rings (SSSR count). The molecule has 1 aromatic rings. The summed E-state index contributed by atoms with van der Waals surface area (Å²) in [5.41, 5.74) is 2.84. The molecular weight excluding hydrogens is 222 g/mol. The van der Waals surface area contributed by atoms with E-state index in [-0.39, 0.29) is 0 Å². The molecule has 0 aliphatic carbocycles. The molecule has 1 aliphatic rings. The van der Waals surface area contributed by atoms with E-state index < -0.39 is 0 Å². The van der Waals surface area contributed by atoms with E-state index in [4.69, 9.17) is 5.11 Å². The summed E-state index contributed by atoms with van der Waals surface area (Å²) in [4.78, 5) is 2.62. The second-order valence-electron chi connectivity index (χ2n) is 5.39. The van der Waals surface area contributed by atoms with E-state index in [1.807, 2.05) is 0 Å². The van der Waals surface area contributed by atoms with Gasteiger partial charge in [-0.15, -0.1) is 0 Å². The normalized spacial score (nSPS) is 20.4. The summed E-state index contributed by atoms with van der Waals surface area (Å²) in [5.74, 6) is 0. The van der Waals surface area contributed by atoms with Crippen molar-refractivity contribution in [2.24, 2.45) is 0 Å². The molecule has 2 heteroatoms. The fourth-order valence-corrected chi connectivity index (χ4v) is 2.95. The van der Waals surface area contributed by atoms with Gasteiger partial charge in [0, 0.05) is 12.6 Å². The Hall–Kier alpha value is -0.860. The summed E-state index contributed by atoms with van der Waals surface area (Å²) < 4.78 is 0. The van der Waals surface area contributed by atoms with Crippen molar-refractivity contribution in [2.75, 3.05) is 19.7 Å². The minimum absolute atomic E-state index is 0.335. The van der Waals surface area contributed by atoms with Crippen LogP contribution in [0.25, 0.3) is 0 Å². The standard InChI is InChI=1S/C16H25NO/c1-14-7-5-8-15(13-14)16-9-6-11-17(16)10-3-2-4-12-18/h5,7-8,13,16,18H,2-4,6,9-12H2,1H3.